The lowest BCUT2D eigenvalue weighted by molar-refractivity contribution is -0.137. The predicted octanol–water partition coefficient (Wildman–Crippen LogP) is 4.70. The Morgan fingerprint density at radius 2 is 1.70 bits per heavy atom. The number of piperidine rings is 1. The lowest BCUT2D eigenvalue weighted by Crippen LogP contribution is -2.35. The molecule has 1 N–H and O–H groups in total. The molecule has 5 nitrogen and oxygen atoms in total. The normalized spacial score (nSPS) is 17.2. The average Bonchev–Trinajstić information content (AvgIpc) is 3.22. The number of halogens is 3. The van der Waals surface area contributed by atoms with Gasteiger partial charge in [-0.2, -0.15) is 18.2 Å². The van der Waals surface area contributed by atoms with E-state index < -0.39 is 17.8 Å². The number of hydrogen-bond donors (Lipinski definition) is 1. The van der Waals surface area contributed by atoms with Gasteiger partial charge in [0.05, 0.1) is 18.2 Å². The summed E-state index contributed by atoms with van der Waals surface area (Å²) in [4.78, 5) is 6.50. The zero-order valence-electron chi connectivity index (χ0n) is 16.2. The van der Waals surface area contributed by atoms with E-state index in [0.717, 1.165) is 43.6 Å². The van der Waals surface area contributed by atoms with E-state index in [1.54, 1.807) is 0 Å². The maximum Gasteiger partial charge on any atom is 0.416 e. The van der Waals surface area contributed by atoms with Gasteiger partial charge in [-0.15, -0.1) is 0 Å². The molecule has 0 unspecified atom stereocenters. The molecule has 0 aliphatic carbocycles. The van der Waals surface area contributed by atoms with Crippen molar-refractivity contribution in [3.05, 3.63) is 71.6 Å². The summed E-state index contributed by atoms with van der Waals surface area (Å²) in [5.41, 5.74) is 0.701. The van der Waals surface area contributed by atoms with Crippen molar-refractivity contribution in [3.63, 3.8) is 0 Å². The molecule has 1 atom stereocenters. The highest BCUT2D eigenvalue weighted by Crippen LogP contribution is 2.32. The van der Waals surface area contributed by atoms with Crippen LogP contribution in [0, 0.1) is 5.92 Å². The topological polar surface area (TPSA) is 62.4 Å². The second-order valence-electron chi connectivity index (χ2n) is 7.56. The Kier molecular flexibility index (Phi) is 5.87. The van der Waals surface area contributed by atoms with Crippen LogP contribution in [-0.4, -0.2) is 33.2 Å². The first-order valence-corrected chi connectivity index (χ1v) is 9.86. The number of nitrogens with zero attached hydrogens (tertiary/aromatic N) is 3. The average molecular weight is 417 g/mol. The standard InChI is InChI=1S/C22H22F3N3O2/c23-22(24,25)18-8-6-17(7-9-18)21-26-19(30-27-21)14-28-12-10-16(11-13-28)20(29)15-4-2-1-3-5-15/h1-9,16,20,29H,10-14H2/t20-/m0/s1. The van der Waals surface area contributed by atoms with Crippen molar-refractivity contribution in [2.45, 2.75) is 31.7 Å². The summed E-state index contributed by atoms with van der Waals surface area (Å²) in [6, 6.07) is 14.4. The number of rotatable bonds is 5. The van der Waals surface area contributed by atoms with E-state index in [1.165, 1.54) is 12.1 Å². The van der Waals surface area contributed by atoms with Crippen molar-refractivity contribution >= 4 is 0 Å². The van der Waals surface area contributed by atoms with Gasteiger partial charge in [-0.05, 0) is 49.5 Å². The van der Waals surface area contributed by atoms with Crippen molar-refractivity contribution in [2.75, 3.05) is 13.1 Å². The van der Waals surface area contributed by atoms with Crippen molar-refractivity contribution in [3.8, 4) is 11.4 Å². The van der Waals surface area contributed by atoms with Gasteiger partial charge in [0.25, 0.3) is 0 Å². The Labute approximate surface area is 172 Å². The van der Waals surface area contributed by atoms with Crippen molar-refractivity contribution in [1.82, 2.24) is 15.0 Å². The molecule has 158 valence electrons. The number of aromatic nitrogens is 2. The van der Waals surface area contributed by atoms with Gasteiger partial charge in [0.2, 0.25) is 11.7 Å². The van der Waals surface area contributed by atoms with E-state index in [2.05, 4.69) is 15.0 Å². The molecule has 8 heteroatoms. The summed E-state index contributed by atoms with van der Waals surface area (Å²) in [6.45, 7) is 2.07. The number of benzene rings is 2. The second-order valence-corrected chi connectivity index (χ2v) is 7.56. The molecule has 0 amide bonds. The van der Waals surface area contributed by atoms with Crippen LogP contribution in [0.25, 0.3) is 11.4 Å². The van der Waals surface area contributed by atoms with Crippen LogP contribution in [0.3, 0.4) is 0 Å². The van der Waals surface area contributed by atoms with E-state index >= 15 is 0 Å². The number of aliphatic hydroxyl groups is 1. The SMILES string of the molecule is O[C@@H](c1ccccc1)C1CCN(Cc2nc(-c3ccc(C(F)(F)F)cc3)no2)CC1. The van der Waals surface area contributed by atoms with E-state index in [4.69, 9.17) is 4.52 Å². The van der Waals surface area contributed by atoms with Crippen LogP contribution in [0.1, 0.15) is 36.0 Å². The van der Waals surface area contributed by atoms with Gasteiger partial charge in [0, 0.05) is 5.56 Å². The van der Waals surface area contributed by atoms with E-state index in [9.17, 15) is 18.3 Å². The molecule has 4 rings (SSSR count). The van der Waals surface area contributed by atoms with Crippen LogP contribution < -0.4 is 0 Å². The summed E-state index contributed by atoms with van der Waals surface area (Å²) < 4.78 is 43.4. The van der Waals surface area contributed by atoms with Crippen LogP contribution in [0.5, 0.6) is 0 Å². The van der Waals surface area contributed by atoms with Gasteiger partial charge >= 0.3 is 6.18 Å². The lowest BCUT2D eigenvalue weighted by Gasteiger charge is -2.33. The van der Waals surface area contributed by atoms with E-state index in [-0.39, 0.29) is 11.7 Å². The molecule has 30 heavy (non-hydrogen) atoms. The minimum Gasteiger partial charge on any atom is -0.388 e. The third kappa shape index (κ3) is 4.71. The third-order valence-electron chi connectivity index (χ3n) is 5.52. The number of aliphatic hydroxyl groups excluding tert-OH is 1. The Morgan fingerprint density at radius 3 is 2.33 bits per heavy atom. The highest BCUT2D eigenvalue weighted by molar-refractivity contribution is 5.54. The molecule has 1 fully saturated rings. The molecule has 2 heterocycles. The van der Waals surface area contributed by atoms with Crippen LogP contribution >= 0.6 is 0 Å². The highest BCUT2D eigenvalue weighted by atomic mass is 19.4. The third-order valence-corrected chi connectivity index (χ3v) is 5.52. The molecular formula is C22H22F3N3O2. The molecule has 0 radical (unpaired) electrons. The second kappa shape index (κ2) is 8.57. The molecule has 1 aliphatic heterocycles. The number of likely N-dealkylation sites (tertiary alicyclic amines) is 1. The van der Waals surface area contributed by atoms with Crippen LogP contribution in [-0.2, 0) is 12.7 Å². The fourth-order valence-electron chi connectivity index (χ4n) is 3.79. The summed E-state index contributed by atoms with van der Waals surface area (Å²) in [7, 11) is 0. The van der Waals surface area contributed by atoms with Gasteiger partial charge in [0.15, 0.2) is 0 Å². The maximum absolute atomic E-state index is 12.7. The number of alkyl halides is 3. The fourth-order valence-corrected chi connectivity index (χ4v) is 3.79. The summed E-state index contributed by atoms with van der Waals surface area (Å²) in [6.07, 6.45) is -3.13. The molecule has 0 spiro atoms. The van der Waals surface area contributed by atoms with Crippen molar-refractivity contribution in [2.24, 2.45) is 5.92 Å². The zero-order valence-corrected chi connectivity index (χ0v) is 16.2. The minimum absolute atomic E-state index is 0.203. The maximum atomic E-state index is 12.7. The molecule has 0 bridgehead atoms. The quantitative estimate of drug-likeness (QED) is 0.652. The monoisotopic (exact) mass is 417 g/mol. The van der Waals surface area contributed by atoms with Gasteiger partial charge in [-0.25, -0.2) is 0 Å². The Bertz CT molecular complexity index is 950. The molecule has 1 aliphatic rings. The fraction of sp³-hybridized carbons (Fsp3) is 0.364. The van der Waals surface area contributed by atoms with Crippen molar-refractivity contribution in [1.29, 1.82) is 0 Å². The van der Waals surface area contributed by atoms with E-state index in [0.29, 0.717) is 18.0 Å². The molecule has 1 aromatic heterocycles. The Hall–Kier alpha value is -2.71. The molecule has 1 saturated heterocycles. The predicted molar refractivity (Wildman–Crippen MR) is 104 cm³/mol. The van der Waals surface area contributed by atoms with E-state index in [1.807, 2.05) is 30.3 Å². The molecular weight excluding hydrogens is 395 g/mol. The molecule has 0 saturated carbocycles. The first-order valence-electron chi connectivity index (χ1n) is 9.86. The molecule has 3 aromatic rings. The van der Waals surface area contributed by atoms with Gasteiger partial charge in [-0.1, -0.05) is 47.6 Å². The van der Waals surface area contributed by atoms with Crippen LogP contribution in [0.4, 0.5) is 13.2 Å². The Balaban J connectivity index is 1.33. The summed E-state index contributed by atoms with van der Waals surface area (Å²) in [5, 5.41) is 14.5. The smallest absolute Gasteiger partial charge is 0.388 e. The zero-order chi connectivity index (χ0) is 21.1. The first-order chi connectivity index (χ1) is 14.4. The van der Waals surface area contributed by atoms with Crippen LogP contribution in [0.2, 0.25) is 0 Å². The van der Waals surface area contributed by atoms with Gasteiger partial charge in [0.1, 0.15) is 0 Å². The van der Waals surface area contributed by atoms with Crippen molar-refractivity contribution < 1.29 is 22.8 Å². The number of hydrogen-bond acceptors (Lipinski definition) is 5. The largest absolute Gasteiger partial charge is 0.416 e. The first kappa shape index (κ1) is 20.6. The minimum atomic E-state index is -4.37. The lowest BCUT2D eigenvalue weighted by atomic mass is 9.87. The summed E-state index contributed by atoms with van der Waals surface area (Å²) >= 11 is 0. The highest BCUT2D eigenvalue weighted by Gasteiger charge is 2.30. The summed E-state index contributed by atoms with van der Waals surface area (Å²) in [5.74, 6) is 0.897. The van der Waals surface area contributed by atoms with Gasteiger partial charge in [-0.3, -0.25) is 4.90 Å². The van der Waals surface area contributed by atoms with Crippen LogP contribution in [0.15, 0.2) is 59.1 Å². The van der Waals surface area contributed by atoms with Gasteiger partial charge < -0.3 is 9.63 Å². The molecule has 2 aromatic carbocycles. The Morgan fingerprint density at radius 1 is 1.03 bits per heavy atom.